The third-order valence-corrected chi connectivity index (χ3v) is 3.55. The largest absolute Gasteiger partial charge is 0.505 e. The maximum absolute atomic E-state index is 14.1. The number of hydrogen-bond donors (Lipinski definition) is 2. The summed E-state index contributed by atoms with van der Waals surface area (Å²) in [5.74, 6) is -0.507. The number of nitrogens with zero attached hydrogens (tertiary/aromatic N) is 2. The number of fused-ring (bicyclic) bond motifs is 1. The highest BCUT2D eigenvalue weighted by Crippen LogP contribution is 2.29. The van der Waals surface area contributed by atoms with Crippen molar-refractivity contribution in [3.8, 4) is 5.75 Å². The zero-order chi connectivity index (χ0) is 15.5. The molecule has 6 heteroatoms. The van der Waals surface area contributed by atoms with Crippen LogP contribution in [0.5, 0.6) is 5.75 Å². The van der Waals surface area contributed by atoms with Crippen LogP contribution in [-0.4, -0.2) is 21.6 Å². The fraction of sp³-hybridized carbons (Fsp3) is 0.125. The maximum atomic E-state index is 14.1. The second kappa shape index (κ2) is 6.15. The van der Waals surface area contributed by atoms with Crippen molar-refractivity contribution in [1.29, 1.82) is 0 Å². The minimum atomic E-state index is -0.591. The standard InChI is InChI=1S/C16H13ClFN3O/c17-13-6-8-20-16(21-13)19-7-5-11-9-10-3-1-2-4-12(10)14(18)15(11)22/h1-4,6,8-9,22H,5,7H2,(H,19,20,21). The molecule has 0 radical (unpaired) electrons. The van der Waals surface area contributed by atoms with Gasteiger partial charge < -0.3 is 10.4 Å². The lowest BCUT2D eigenvalue weighted by atomic mass is 10.0. The third-order valence-electron chi connectivity index (χ3n) is 3.34. The molecule has 4 nitrogen and oxygen atoms in total. The lowest BCUT2D eigenvalue weighted by molar-refractivity contribution is 0.430. The minimum absolute atomic E-state index is 0.312. The molecule has 0 aliphatic rings. The Kier molecular flexibility index (Phi) is 4.06. The third kappa shape index (κ3) is 2.94. The zero-order valence-electron chi connectivity index (χ0n) is 11.6. The lowest BCUT2D eigenvalue weighted by Crippen LogP contribution is -2.08. The van der Waals surface area contributed by atoms with Crippen molar-refractivity contribution in [2.45, 2.75) is 6.42 Å². The van der Waals surface area contributed by atoms with Gasteiger partial charge in [0.2, 0.25) is 5.95 Å². The van der Waals surface area contributed by atoms with Crippen LogP contribution >= 0.6 is 11.6 Å². The summed E-state index contributed by atoms with van der Waals surface area (Å²) in [5, 5.41) is 14.5. The molecule has 112 valence electrons. The molecule has 0 aliphatic heterocycles. The number of hydrogen-bond acceptors (Lipinski definition) is 4. The van der Waals surface area contributed by atoms with Gasteiger partial charge in [0.05, 0.1) is 0 Å². The SMILES string of the molecule is Oc1c(CCNc2nccc(Cl)n2)cc2ccccc2c1F. The number of phenolic OH excluding ortho intramolecular Hbond substituents is 1. The summed E-state index contributed by atoms with van der Waals surface area (Å²) in [7, 11) is 0. The molecular formula is C16H13ClFN3O. The molecule has 0 spiro atoms. The number of aromatic nitrogens is 2. The van der Waals surface area contributed by atoms with E-state index in [0.717, 1.165) is 5.39 Å². The molecule has 0 aliphatic carbocycles. The summed E-state index contributed by atoms with van der Waals surface area (Å²) in [5.41, 5.74) is 0.533. The number of nitrogens with one attached hydrogen (secondary N) is 1. The minimum Gasteiger partial charge on any atom is -0.505 e. The van der Waals surface area contributed by atoms with E-state index < -0.39 is 5.82 Å². The van der Waals surface area contributed by atoms with Gasteiger partial charge in [0.1, 0.15) is 5.15 Å². The van der Waals surface area contributed by atoms with Gasteiger partial charge in [0.25, 0.3) is 0 Å². The number of benzene rings is 2. The Bertz CT molecular complexity index is 826. The molecule has 0 saturated carbocycles. The average molecular weight is 318 g/mol. The molecule has 2 aromatic carbocycles. The number of anilines is 1. The van der Waals surface area contributed by atoms with E-state index in [9.17, 15) is 9.50 Å². The van der Waals surface area contributed by atoms with E-state index in [1.807, 2.05) is 12.1 Å². The molecule has 2 N–H and O–H groups in total. The van der Waals surface area contributed by atoms with Crippen molar-refractivity contribution < 1.29 is 9.50 Å². The summed E-state index contributed by atoms with van der Waals surface area (Å²) in [6.45, 7) is 0.450. The van der Waals surface area contributed by atoms with Gasteiger partial charge in [0, 0.05) is 18.1 Å². The fourth-order valence-corrected chi connectivity index (χ4v) is 2.41. The number of halogens is 2. The summed E-state index contributed by atoms with van der Waals surface area (Å²) in [6.07, 6.45) is 1.98. The highest BCUT2D eigenvalue weighted by molar-refractivity contribution is 6.29. The Balaban J connectivity index is 1.78. The molecule has 0 fully saturated rings. The van der Waals surface area contributed by atoms with Crippen LogP contribution in [0.3, 0.4) is 0 Å². The number of rotatable bonds is 4. The summed E-state index contributed by atoms with van der Waals surface area (Å²) in [4.78, 5) is 8.02. The van der Waals surface area contributed by atoms with Gasteiger partial charge >= 0.3 is 0 Å². The molecule has 0 atom stereocenters. The zero-order valence-corrected chi connectivity index (χ0v) is 12.3. The smallest absolute Gasteiger partial charge is 0.224 e. The first-order valence-corrected chi connectivity index (χ1v) is 7.14. The Labute approximate surface area is 131 Å². The normalized spacial score (nSPS) is 10.8. The van der Waals surface area contributed by atoms with Crippen molar-refractivity contribution in [1.82, 2.24) is 9.97 Å². The molecule has 3 rings (SSSR count). The Morgan fingerprint density at radius 2 is 2.05 bits per heavy atom. The van der Waals surface area contributed by atoms with Gasteiger partial charge in [-0.1, -0.05) is 35.9 Å². The number of phenols is 1. The van der Waals surface area contributed by atoms with Crippen molar-refractivity contribution in [2.24, 2.45) is 0 Å². The maximum Gasteiger partial charge on any atom is 0.224 e. The van der Waals surface area contributed by atoms with Crippen LogP contribution in [0.1, 0.15) is 5.56 Å². The first-order chi connectivity index (χ1) is 10.6. The van der Waals surface area contributed by atoms with Gasteiger partial charge in [-0.15, -0.1) is 0 Å². The molecule has 1 aromatic heterocycles. The van der Waals surface area contributed by atoms with Crippen LogP contribution in [0.15, 0.2) is 42.6 Å². The van der Waals surface area contributed by atoms with Crippen molar-refractivity contribution in [3.63, 3.8) is 0 Å². The van der Waals surface area contributed by atoms with Crippen LogP contribution in [0.4, 0.5) is 10.3 Å². The predicted octanol–water partition coefficient (Wildman–Crippen LogP) is 3.78. The highest BCUT2D eigenvalue weighted by atomic mass is 35.5. The molecule has 0 unspecified atom stereocenters. The Morgan fingerprint density at radius 3 is 2.86 bits per heavy atom. The molecular weight excluding hydrogens is 305 g/mol. The van der Waals surface area contributed by atoms with E-state index >= 15 is 0 Å². The molecule has 22 heavy (non-hydrogen) atoms. The Hall–Kier alpha value is -2.40. The van der Waals surface area contributed by atoms with E-state index in [0.29, 0.717) is 35.0 Å². The fourth-order valence-electron chi connectivity index (χ4n) is 2.27. The van der Waals surface area contributed by atoms with Gasteiger partial charge in [-0.2, -0.15) is 0 Å². The van der Waals surface area contributed by atoms with E-state index in [1.54, 1.807) is 30.5 Å². The van der Waals surface area contributed by atoms with Crippen LogP contribution in [0.25, 0.3) is 10.8 Å². The molecule has 3 aromatic rings. The lowest BCUT2D eigenvalue weighted by Gasteiger charge is -2.09. The molecule has 0 bridgehead atoms. The van der Waals surface area contributed by atoms with Gasteiger partial charge in [-0.25, -0.2) is 14.4 Å². The first kappa shape index (κ1) is 14.5. The van der Waals surface area contributed by atoms with Gasteiger partial charge in [-0.05, 0) is 29.5 Å². The van der Waals surface area contributed by atoms with E-state index in [4.69, 9.17) is 11.6 Å². The summed E-state index contributed by atoms with van der Waals surface area (Å²) in [6, 6.07) is 10.4. The van der Waals surface area contributed by atoms with E-state index in [2.05, 4.69) is 15.3 Å². The molecule has 0 saturated heterocycles. The van der Waals surface area contributed by atoms with Crippen molar-refractivity contribution >= 4 is 28.3 Å². The predicted molar refractivity (Wildman–Crippen MR) is 84.8 cm³/mol. The van der Waals surface area contributed by atoms with Gasteiger partial charge in [0.15, 0.2) is 11.6 Å². The van der Waals surface area contributed by atoms with Crippen molar-refractivity contribution in [3.05, 3.63) is 59.1 Å². The highest BCUT2D eigenvalue weighted by Gasteiger charge is 2.12. The first-order valence-electron chi connectivity index (χ1n) is 6.76. The molecule has 1 heterocycles. The van der Waals surface area contributed by atoms with Crippen LogP contribution in [0, 0.1) is 5.82 Å². The topological polar surface area (TPSA) is 58.0 Å². The van der Waals surface area contributed by atoms with Gasteiger partial charge in [-0.3, -0.25) is 0 Å². The molecule has 0 amide bonds. The monoisotopic (exact) mass is 317 g/mol. The average Bonchev–Trinajstić information content (AvgIpc) is 2.52. The second-order valence-electron chi connectivity index (χ2n) is 4.80. The van der Waals surface area contributed by atoms with Crippen LogP contribution in [-0.2, 0) is 6.42 Å². The summed E-state index contributed by atoms with van der Waals surface area (Å²) < 4.78 is 14.1. The second-order valence-corrected chi connectivity index (χ2v) is 5.19. The summed E-state index contributed by atoms with van der Waals surface area (Å²) >= 11 is 5.77. The van der Waals surface area contributed by atoms with Crippen molar-refractivity contribution in [2.75, 3.05) is 11.9 Å². The Morgan fingerprint density at radius 1 is 1.23 bits per heavy atom. The van der Waals surface area contributed by atoms with Crippen LogP contribution in [0.2, 0.25) is 5.15 Å². The van der Waals surface area contributed by atoms with Crippen LogP contribution < -0.4 is 5.32 Å². The van der Waals surface area contributed by atoms with E-state index in [1.165, 1.54) is 0 Å². The number of aromatic hydroxyl groups is 1. The van der Waals surface area contributed by atoms with E-state index in [-0.39, 0.29) is 5.75 Å². The quantitative estimate of drug-likeness (QED) is 0.719.